The minimum Gasteiger partial charge on any atom is -0.508 e. The van der Waals surface area contributed by atoms with E-state index in [4.69, 9.17) is 33.1 Å². The molecule has 4 aromatic carbocycles. The maximum atomic E-state index is 15.4. The molecule has 6 aromatic rings. The van der Waals surface area contributed by atoms with Crippen LogP contribution in [0.25, 0.3) is 21.8 Å². The van der Waals surface area contributed by atoms with Gasteiger partial charge in [0.25, 0.3) is 0 Å². The summed E-state index contributed by atoms with van der Waals surface area (Å²) in [4.78, 5) is 214. The predicted octanol–water partition coefficient (Wildman–Crippen LogP) is -2.78. The lowest BCUT2D eigenvalue weighted by Gasteiger charge is -2.29. The number of guanidine groups is 1. The molecule has 2 heterocycles. The van der Waals surface area contributed by atoms with Crippen LogP contribution in [0.5, 0.6) is 5.75 Å². The summed E-state index contributed by atoms with van der Waals surface area (Å²) in [5, 5.41) is 65.7. The zero-order valence-electron chi connectivity index (χ0n) is 68.1. The Balaban J connectivity index is 1.24. The number of nitrogens with two attached hydrogens (primary N) is 4. The number of phenolic OH excluding ortho intramolecular Hbond substituents is 1. The van der Waals surface area contributed by atoms with Crippen molar-refractivity contribution < 1.29 is 86.9 Å². The van der Waals surface area contributed by atoms with Crippen LogP contribution in [0, 0.1) is 11.3 Å². The Morgan fingerprint density at radius 1 is 0.443 bits per heavy atom. The van der Waals surface area contributed by atoms with Crippen molar-refractivity contribution in [3.05, 3.63) is 138 Å². The lowest BCUT2D eigenvalue weighted by atomic mass is 9.99. The second kappa shape index (κ2) is 51.3. The number of carbonyl (C=O) groups excluding carboxylic acids is 14. The summed E-state index contributed by atoms with van der Waals surface area (Å²) in [5.74, 6) is -15.6. The predicted molar refractivity (Wildman–Crippen MR) is 459 cm³/mol. The molecule has 27 N–H and O–H groups in total. The number of rotatable bonds is 54. The van der Waals surface area contributed by atoms with Crippen LogP contribution in [0.1, 0.15) is 101 Å². The first-order valence-corrected chi connectivity index (χ1v) is 41.1. The Morgan fingerprint density at radius 2 is 0.869 bits per heavy atom. The molecule has 662 valence electrons. The number of carboxylic acids is 1. The van der Waals surface area contributed by atoms with Crippen molar-refractivity contribution in [2.75, 3.05) is 57.4 Å². The molecule has 0 saturated heterocycles. The maximum Gasteiger partial charge on any atom is 0.305 e. The maximum absolute atomic E-state index is 15.4. The molecule has 0 bridgehead atoms. The SMILES string of the molecule is CC(=O)N[C@@H](CS)C(=O)N[C@@H](CC(=O)O)C(=O)N[C@@H](Cc1c[nH]c2ccccc12)C(=O)N[C@H](C(=O)N[C@@H](CS)C(=O)N[C@@H](Cc1ccc(O)cc1)C(=O)N[C@@H](Cc1c[nH]c2ccccc12)C(=O)N[C@@H](CCCNC(=N)N)C(=O)N[C@@H](CCCCN)C(=O)N[C@@H](Cc1ccccc1)C(=O)NCC(=O)NCCOCC(=O)N[C@H](CCCCN)C(N)=O)C(C)C. The third-order valence-corrected chi connectivity index (χ3v) is 20.1. The molecule has 0 aliphatic heterocycles. The first-order valence-electron chi connectivity index (χ1n) is 39.9. The Hall–Kier alpha value is -12.3. The number of primary amides is 1. The number of benzene rings is 4. The highest BCUT2D eigenvalue weighted by Crippen LogP contribution is 2.23. The third kappa shape index (κ3) is 33.3. The molecule has 0 aliphatic carbocycles. The molecular formula is C81H113N21O18S2. The molecule has 6 rings (SSSR count). The van der Waals surface area contributed by atoms with Crippen molar-refractivity contribution in [2.45, 2.75) is 171 Å². The molecule has 39 nitrogen and oxygen atoms in total. The van der Waals surface area contributed by atoms with E-state index in [1.54, 1.807) is 105 Å². The fourth-order valence-electron chi connectivity index (χ4n) is 12.9. The van der Waals surface area contributed by atoms with Crippen molar-refractivity contribution in [3.8, 4) is 5.75 Å². The van der Waals surface area contributed by atoms with Gasteiger partial charge in [-0.15, -0.1) is 0 Å². The van der Waals surface area contributed by atoms with Gasteiger partial charge in [0.15, 0.2) is 5.96 Å². The Bertz CT molecular complexity index is 4550. The van der Waals surface area contributed by atoms with Gasteiger partial charge < -0.3 is 122 Å². The number of nitrogens with one attached hydrogen (secondary N) is 17. The van der Waals surface area contributed by atoms with Crippen molar-refractivity contribution in [1.82, 2.24) is 84.4 Å². The van der Waals surface area contributed by atoms with Gasteiger partial charge in [-0.3, -0.25) is 77.3 Å². The van der Waals surface area contributed by atoms with E-state index in [1.165, 1.54) is 24.3 Å². The first kappa shape index (κ1) is 98.5. The van der Waals surface area contributed by atoms with E-state index >= 15 is 14.4 Å². The Labute approximate surface area is 715 Å². The van der Waals surface area contributed by atoms with Crippen molar-refractivity contribution in [2.24, 2.45) is 28.9 Å². The van der Waals surface area contributed by atoms with Gasteiger partial charge in [0.2, 0.25) is 82.7 Å². The standard InChI is InChI=1S/C81H113N21O18S2/c1-45(2)69(102-77(116)62(37-50-40-90-55-21-10-8-19-53(50)55)99-76(115)63(38-68(107)108)100-78(117)64(43-121)92-46(3)103)80(119)101-65(44-122)79(118)97-60(35-48-25-27-51(104)28-26-48)74(113)98-61(36-49-39-89-54-20-9-7-18-52(49)54)75(114)95-58(24-15-31-88-81(85)86)72(111)94-57(23-12-14-30-83)73(112)96-59(34-47-16-5-4-6-17-47)71(110)91-41-66(105)87-32-33-120-42-67(106)93-56(70(84)109)22-11-13-29-82/h4-10,16-21,25-28,39-40,45,56-65,69,89-90,104,121-122H,11-15,22-24,29-38,41-44,82-83H2,1-3H3,(H2,84,109)(H,87,105)(H,91,110)(H,92,103)(H,93,106)(H,94,111)(H,95,114)(H,96,112)(H,97,118)(H,98,113)(H,99,115)(H,100,117)(H,101,119)(H,102,116)(H,107,108)(H4,85,86,88)/t56-,57+,58+,59+,60+,61+,62+,63+,64+,65+,69+/m1/s1. The van der Waals surface area contributed by atoms with Crippen LogP contribution in [0.15, 0.2) is 116 Å². The summed E-state index contributed by atoms with van der Waals surface area (Å²) in [6, 6.07) is 12.0. The highest BCUT2D eigenvalue weighted by atomic mass is 32.1. The number of thiol groups is 2. The first-order chi connectivity index (χ1) is 58.3. The molecule has 0 fully saturated rings. The topological polar surface area (TPSA) is 634 Å². The van der Waals surface area contributed by atoms with Crippen molar-refractivity contribution in [3.63, 3.8) is 0 Å². The molecular weight excluding hydrogens is 1620 g/mol. The fourth-order valence-corrected chi connectivity index (χ4v) is 13.4. The number of para-hydroxylation sites is 2. The number of fused-ring (bicyclic) bond motifs is 2. The number of amides is 14. The van der Waals surface area contributed by atoms with E-state index in [1.807, 2.05) is 0 Å². The van der Waals surface area contributed by atoms with Crippen LogP contribution in [0.4, 0.5) is 0 Å². The average molecular weight is 1730 g/mol. The zero-order chi connectivity index (χ0) is 89.4. The fraction of sp³-hybridized carbons (Fsp3) is 0.457. The van der Waals surface area contributed by atoms with Crippen LogP contribution in [0.3, 0.4) is 0 Å². The number of unbranched alkanes of at least 4 members (excludes halogenated alkanes) is 2. The van der Waals surface area contributed by atoms with Gasteiger partial charge >= 0.3 is 5.97 Å². The van der Waals surface area contributed by atoms with E-state index in [9.17, 15) is 67.7 Å². The number of aliphatic carboxylic acids is 1. The molecule has 14 amide bonds. The van der Waals surface area contributed by atoms with E-state index in [2.05, 4.69) is 110 Å². The summed E-state index contributed by atoms with van der Waals surface area (Å²) in [7, 11) is 0. The number of aromatic hydroxyl groups is 1. The highest BCUT2D eigenvalue weighted by Gasteiger charge is 2.38. The van der Waals surface area contributed by atoms with Gasteiger partial charge in [0, 0.05) is 91.4 Å². The largest absolute Gasteiger partial charge is 0.508 e. The van der Waals surface area contributed by atoms with Gasteiger partial charge in [0.1, 0.15) is 78.8 Å². The van der Waals surface area contributed by atoms with Crippen LogP contribution in [0.2, 0.25) is 0 Å². The molecule has 0 radical (unpaired) electrons. The number of carbonyl (C=O) groups is 15. The van der Waals surface area contributed by atoms with E-state index in [0.29, 0.717) is 69.9 Å². The number of ether oxygens (including phenoxy) is 1. The summed E-state index contributed by atoms with van der Waals surface area (Å²) in [5.41, 5.74) is 25.8. The Kier molecular flexibility index (Phi) is 41.4. The van der Waals surface area contributed by atoms with Gasteiger partial charge in [-0.1, -0.05) is 92.7 Å². The smallest absolute Gasteiger partial charge is 0.305 e. The van der Waals surface area contributed by atoms with Crippen LogP contribution in [-0.4, -0.2) is 239 Å². The van der Waals surface area contributed by atoms with Gasteiger partial charge in [-0.25, -0.2) is 0 Å². The summed E-state index contributed by atoms with van der Waals surface area (Å²) < 4.78 is 5.37. The van der Waals surface area contributed by atoms with Crippen LogP contribution in [-0.2, 0) is 102 Å². The quantitative estimate of drug-likeness (QED) is 0.00795. The number of aromatic amines is 2. The number of hydrogen-bond acceptors (Lipinski definition) is 22. The number of phenols is 1. The van der Waals surface area contributed by atoms with Gasteiger partial charge in [0.05, 0.1) is 19.6 Å². The molecule has 0 saturated carbocycles. The number of aromatic nitrogens is 2. The molecule has 11 atom stereocenters. The van der Waals surface area contributed by atoms with Crippen LogP contribution < -0.4 is 97.4 Å². The second-order valence-corrected chi connectivity index (χ2v) is 30.0. The van der Waals surface area contributed by atoms with E-state index in [-0.39, 0.29) is 95.5 Å². The second-order valence-electron chi connectivity index (χ2n) is 29.3. The zero-order valence-corrected chi connectivity index (χ0v) is 69.9. The minimum absolute atomic E-state index is 0.0112. The summed E-state index contributed by atoms with van der Waals surface area (Å²) >= 11 is 8.53. The third-order valence-electron chi connectivity index (χ3n) is 19.4. The monoisotopic (exact) mass is 1730 g/mol. The molecule has 122 heavy (non-hydrogen) atoms. The minimum atomic E-state index is -1.81. The number of H-pyrrole nitrogens is 2. The lowest BCUT2D eigenvalue weighted by Crippen LogP contribution is -2.62. The molecule has 41 heteroatoms. The number of carboxylic acid groups (broad SMARTS) is 1. The Morgan fingerprint density at radius 3 is 1.36 bits per heavy atom. The lowest BCUT2D eigenvalue weighted by molar-refractivity contribution is -0.141. The molecule has 0 unspecified atom stereocenters. The van der Waals surface area contributed by atoms with Gasteiger partial charge in [-0.05, 0) is 117 Å². The summed E-state index contributed by atoms with van der Waals surface area (Å²) in [6.45, 7) is 3.61. The van der Waals surface area contributed by atoms with Crippen molar-refractivity contribution >= 4 is 142 Å². The van der Waals surface area contributed by atoms with E-state index in [0.717, 1.165) is 6.92 Å². The van der Waals surface area contributed by atoms with Crippen LogP contribution >= 0.6 is 25.3 Å². The van der Waals surface area contributed by atoms with E-state index < -0.39 is 192 Å². The molecule has 0 spiro atoms. The molecule has 2 aromatic heterocycles. The molecule has 0 aliphatic rings. The van der Waals surface area contributed by atoms with Crippen molar-refractivity contribution in [1.29, 1.82) is 5.41 Å². The number of hydrogen-bond donors (Lipinski definition) is 25. The van der Waals surface area contributed by atoms with Gasteiger partial charge in [-0.2, -0.15) is 25.3 Å². The highest BCUT2D eigenvalue weighted by molar-refractivity contribution is 7.80. The normalized spacial score (nSPS) is 13.8. The summed E-state index contributed by atoms with van der Waals surface area (Å²) in [6.07, 6.45) is 3.21. The average Bonchev–Trinajstić information content (AvgIpc) is 1.64.